The minimum Gasteiger partial charge on any atom is -0.461 e. The minimum absolute atomic E-state index is 0.0855. The van der Waals surface area contributed by atoms with Crippen LogP contribution in [0, 0.1) is 18.6 Å². The molecule has 0 bridgehead atoms. The van der Waals surface area contributed by atoms with Gasteiger partial charge in [0.15, 0.2) is 17.3 Å². The first kappa shape index (κ1) is 27.2. The number of methoxy groups -OCH3 is 1. The Kier molecular flexibility index (Phi) is 8.38. The fraction of sp³-hybridized carbons (Fsp3) is 0.370. The highest BCUT2D eigenvalue weighted by molar-refractivity contribution is 5.95. The maximum absolute atomic E-state index is 14.1. The summed E-state index contributed by atoms with van der Waals surface area (Å²) in [6, 6.07) is 12.3. The number of carbonyl (C=O) groups is 2. The molecule has 1 aromatic heterocycles. The van der Waals surface area contributed by atoms with Crippen molar-refractivity contribution >= 4 is 17.8 Å². The summed E-state index contributed by atoms with van der Waals surface area (Å²) in [7, 11) is 1.56. The van der Waals surface area contributed by atoms with E-state index in [0.717, 1.165) is 12.1 Å². The zero-order valence-corrected chi connectivity index (χ0v) is 21.5. The molecule has 3 N–H and O–H groups in total. The number of urea groups is 1. The molecule has 3 aromatic rings. The Morgan fingerprint density at radius 2 is 1.95 bits per heavy atom. The van der Waals surface area contributed by atoms with Crippen molar-refractivity contribution in [2.45, 2.75) is 31.7 Å². The van der Waals surface area contributed by atoms with Crippen LogP contribution in [0.25, 0.3) is 5.69 Å². The first-order valence-corrected chi connectivity index (χ1v) is 12.4. The number of hydrogen-bond donors (Lipinski definition) is 3. The Hall–Kier alpha value is -3.83. The molecule has 2 atom stereocenters. The number of nitrogens with zero attached hydrogens (tertiary/aromatic N) is 2. The Morgan fingerprint density at radius 1 is 1.18 bits per heavy atom. The van der Waals surface area contributed by atoms with Crippen LogP contribution < -0.4 is 16.0 Å². The molecule has 0 saturated carbocycles. The zero-order valence-electron chi connectivity index (χ0n) is 21.5. The first-order chi connectivity index (χ1) is 18.3. The molecule has 1 saturated heterocycles. The number of rotatable bonds is 9. The summed E-state index contributed by atoms with van der Waals surface area (Å²) in [5.41, 5.74) is 0.857. The summed E-state index contributed by atoms with van der Waals surface area (Å²) in [4.78, 5) is 26.0. The van der Waals surface area contributed by atoms with Crippen LogP contribution in [-0.4, -0.2) is 60.7 Å². The van der Waals surface area contributed by atoms with Gasteiger partial charge in [0.1, 0.15) is 5.82 Å². The number of amides is 2. The predicted molar refractivity (Wildman–Crippen MR) is 138 cm³/mol. The van der Waals surface area contributed by atoms with Crippen LogP contribution in [0.15, 0.2) is 48.5 Å². The molecule has 38 heavy (non-hydrogen) atoms. The minimum atomic E-state index is -0.951. The van der Waals surface area contributed by atoms with Crippen molar-refractivity contribution in [3.63, 3.8) is 0 Å². The van der Waals surface area contributed by atoms with E-state index in [0.29, 0.717) is 48.7 Å². The molecule has 0 spiro atoms. The van der Waals surface area contributed by atoms with Gasteiger partial charge in [0, 0.05) is 38.3 Å². The van der Waals surface area contributed by atoms with Crippen molar-refractivity contribution in [2.75, 3.05) is 38.7 Å². The van der Waals surface area contributed by atoms with Crippen LogP contribution in [0.4, 0.5) is 19.4 Å². The van der Waals surface area contributed by atoms with Crippen LogP contribution in [0.3, 0.4) is 0 Å². The first-order valence-electron chi connectivity index (χ1n) is 12.4. The maximum Gasteiger partial charge on any atom is 0.359 e. The summed E-state index contributed by atoms with van der Waals surface area (Å²) in [6.45, 7) is 4.72. The van der Waals surface area contributed by atoms with Crippen molar-refractivity contribution < 1.29 is 27.8 Å². The molecule has 2 aromatic carbocycles. The molecular weight excluding hydrogens is 496 g/mol. The van der Waals surface area contributed by atoms with Crippen molar-refractivity contribution in [1.82, 2.24) is 20.4 Å². The Bertz CT molecular complexity index is 1300. The van der Waals surface area contributed by atoms with Crippen molar-refractivity contribution in [3.05, 3.63) is 77.0 Å². The Labute approximate surface area is 219 Å². The highest BCUT2D eigenvalue weighted by Crippen LogP contribution is 2.35. The van der Waals surface area contributed by atoms with Crippen molar-refractivity contribution in [3.8, 4) is 5.69 Å². The van der Waals surface area contributed by atoms with Crippen molar-refractivity contribution in [2.24, 2.45) is 0 Å². The molecule has 11 heteroatoms. The van der Waals surface area contributed by atoms with Gasteiger partial charge in [-0.1, -0.05) is 24.3 Å². The number of para-hydroxylation sites is 1. The van der Waals surface area contributed by atoms with Gasteiger partial charge in [-0.3, -0.25) is 5.32 Å². The molecule has 0 radical (unpaired) electrons. The van der Waals surface area contributed by atoms with Gasteiger partial charge in [0.2, 0.25) is 0 Å². The molecule has 0 aliphatic carbocycles. The summed E-state index contributed by atoms with van der Waals surface area (Å²) in [6.07, 6.45) is 0.415. The van der Waals surface area contributed by atoms with E-state index in [4.69, 9.17) is 9.47 Å². The fourth-order valence-corrected chi connectivity index (χ4v) is 4.82. The molecule has 1 fully saturated rings. The van der Waals surface area contributed by atoms with E-state index in [1.54, 1.807) is 33.1 Å². The highest BCUT2D eigenvalue weighted by Gasteiger charge is 2.45. The summed E-state index contributed by atoms with van der Waals surface area (Å²) < 4.78 is 39.6. The Morgan fingerprint density at radius 3 is 2.63 bits per heavy atom. The second-order valence-electron chi connectivity index (χ2n) is 9.13. The summed E-state index contributed by atoms with van der Waals surface area (Å²) in [5, 5.41) is 13.6. The Balaban J connectivity index is 1.67. The third-order valence-corrected chi connectivity index (χ3v) is 6.74. The monoisotopic (exact) mass is 527 g/mol. The lowest BCUT2D eigenvalue weighted by Crippen LogP contribution is -2.55. The van der Waals surface area contributed by atoms with E-state index in [-0.39, 0.29) is 18.2 Å². The molecule has 2 heterocycles. The van der Waals surface area contributed by atoms with Gasteiger partial charge >= 0.3 is 12.0 Å². The number of carbonyl (C=O) groups excluding carboxylic acids is 2. The normalized spacial score (nSPS) is 18.8. The lowest BCUT2D eigenvalue weighted by atomic mass is 9.79. The van der Waals surface area contributed by atoms with Crippen LogP contribution in [-0.2, 0) is 9.47 Å². The van der Waals surface area contributed by atoms with E-state index in [2.05, 4.69) is 21.0 Å². The quantitative estimate of drug-likeness (QED) is 0.364. The van der Waals surface area contributed by atoms with E-state index in [1.165, 1.54) is 10.7 Å². The van der Waals surface area contributed by atoms with Crippen LogP contribution in [0.2, 0.25) is 0 Å². The molecule has 1 aliphatic heterocycles. The number of halogens is 2. The summed E-state index contributed by atoms with van der Waals surface area (Å²) in [5.74, 6) is -2.54. The SMILES string of the molecule is CCOC(=O)c1nn(-c2ccccc2)c(NC(=O)N[C@]2(CCOC)CNC[C@H]2c2ccc(F)c(F)c2)c1C. The molecule has 0 unspecified atom stereocenters. The highest BCUT2D eigenvalue weighted by atomic mass is 19.2. The smallest absolute Gasteiger partial charge is 0.359 e. The lowest BCUT2D eigenvalue weighted by molar-refractivity contribution is 0.0518. The van der Waals surface area contributed by atoms with E-state index < -0.39 is 29.2 Å². The van der Waals surface area contributed by atoms with E-state index >= 15 is 0 Å². The molecule has 202 valence electrons. The standard InChI is InChI=1S/C27H31F2N5O4/c1-4-38-25(35)23-17(2)24(34(33-23)19-8-6-5-7-9-19)31-26(36)32-27(12-13-37-3)16-30-15-20(27)18-10-11-21(28)22(29)14-18/h5-11,14,20,30H,4,12-13,15-16H2,1-3H3,(H2,31,32,36)/t20-,27+/m0/s1. The number of ether oxygens (including phenoxy) is 2. The molecule has 4 rings (SSSR count). The topological polar surface area (TPSA) is 107 Å². The number of aromatic nitrogens is 2. The van der Waals surface area contributed by atoms with E-state index in [1.807, 2.05) is 18.2 Å². The van der Waals surface area contributed by atoms with Gasteiger partial charge in [0.25, 0.3) is 0 Å². The van der Waals surface area contributed by atoms with Gasteiger partial charge in [0.05, 0.1) is 17.8 Å². The van der Waals surface area contributed by atoms with Gasteiger partial charge in [-0.25, -0.2) is 23.1 Å². The number of benzene rings is 2. The van der Waals surface area contributed by atoms with Gasteiger partial charge in [-0.2, -0.15) is 5.10 Å². The van der Waals surface area contributed by atoms with Crippen LogP contribution in [0.5, 0.6) is 0 Å². The van der Waals surface area contributed by atoms with Crippen molar-refractivity contribution in [1.29, 1.82) is 0 Å². The van der Waals surface area contributed by atoms with Gasteiger partial charge < -0.3 is 20.1 Å². The maximum atomic E-state index is 14.1. The molecule has 2 amide bonds. The number of anilines is 1. The van der Waals surface area contributed by atoms with Crippen LogP contribution >= 0.6 is 0 Å². The lowest BCUT2D eigenvalue weighted by Gasteiger charge is -2.36. The van der Waals surface area contributed by atoms with Gasteiger partial charge in [-0.05, 0) is 50.1 Å². The zero-order chi connectivity index (χ0) is 27.3. The second kappa shape index (κ2) is 11.7. The third kappa shape index (κ3) is 5.53. The third-order valence-electron chi connectivity index (χ3n) is 6.74. The largest absolute Gasteiger partial charge is 0.461 e. The van der Waals surface area contributed by atoms with E-state index in [9.17, 15) is 18.4 Å². The van der Waals surface area contributed by atoms with Gasteiger partial charge in [-0.15, -0.1) is 0 Å². The second-order valence-corrected chi connectivity index (χ2v) is 9.13. The fourth-order valence-electron chi connectivity index (χ4n) is 4.82. The molecular formula is C27H31F2N5O4. The molecule has 1 aliphatic rings. The van der Waals surface area contributed by atoms with Crippen LogP contribution in [0.1, 0.15) is 40.9 Å². The predicted octanol–water partition coefficient (Wildman–Crippen LogP) is 3.92. The average molecular weight is 528 g/mol. The summed E-state index contributed by atoms with van der Waals surface area (Å²) >= 11 is 0. The number of nitrogens with one attached hydrogen (secondary N) is 3. The number of esters is 1. The molecule has 9 nitrogen and oxygen atoms in total. The average Bonchev–Trinajstić information content (AvgIpc) is 3.46. The number of hydrogen-bond acceptors (Lipinski definition) is 6.